The van der Waals surface area contributed by atoms with Gasteiger partial charge in [-0.1, -0.05) is 24.3 Å². The molecule has 6 nitrogen and oxygen atoms in total. The van der Waals surface area contributed by atoms with E-state index in [0.717, 1.165) is 22.6 Å². The van der Waals surface area contributed by atoms with Crippen molar-refractivity contribution in [3.63, 3.8) is 0 Å². The molecule has 0 aliphatic carbocycles. The summed E-state index contributed by atoms with van der Waals surface area (Å²) in [7, 11) is 0. The Bertz CT molecular complexity index is 1150. The maximum Gasteiger partial charge on any atom is 0.228 e. The van der Waals surface area contributed by atoms with Crippen LogP contribution in [0.1, 0.15) is 17.0 Å². The summed E-state index contributed by atoms with van der Waals surface area (Å²) < 4.78 is 7.68. The van der Waals surface area contributed by atoms with Crippen LogP contribution in [0.25, 0.3) is 5.69 Å². The lowest BCUT2D eigenvalue weighted by Crippen LogP contribution is -2.15. The van der Waals surface area contributed by atoms with Crippen LogP contribution >= 0.6 is 0 Å². The Labute approximate surface area is 175 Å². The summed E-state index contributed by atoms with van der Waals surface area (Å²) in [6.07, 6.45) is 3.59. The van der Waals surface area contributed by atoms with E-state index in [1.807, 2.05) is 67.1 Å². The van der Waals surface area contributed by atoms with Crippen molar-refractivity contribution in [2.75, 3.05) is 5.32 Å². The van der Waals surface area contributed by atoms with E-state index in [1.165, 1.54) is 0 Å². The van der Waals surface area contributed by atoms with Gasteiger partial charge in [0.05, 0.1) is 17.8 Å². The molecule has 2 heterocycles. The minimum absolute atomic E-state index is 0.102. The molecule has 30 heavy (non-hydrogen) atoms. The van der Waals surface area contributed by atoms with E-state index < -0.39 is 0 Å². The quantitative estimate of drug-likeness (QED) is 0.504. The number of amides is 1. The molecule has 1 N–H and O–H groups in total. The minimum Gasteiger partial charge on any atom is -0.457 e. The predicted octanol–water partition coefficient (Wildman–Crippen LogP) is 4.86. The molecule has 0 radical (unpaired) electrons. The lowest BCUT2D eigenvalue weighted by molar-refractivity contribution is -0.115. The van der Waals surface area contributed by atoms with Gasteiger partial charge in [0.1, 0.15) is 11.5 Å². The van der Waals surface area contributed by atoms with E-state index in [4.69, 9.17) is 4.74 Å². The third-order valence-corrected chi connectivity index (χ3v) is 4.78. The summed E-state index contributed by atoms with van der Waals surface area (Å²) in [4.78, 5) is 16.7. The fourth-order valence-corrected chi connectivity index (χ4v) is 3.30. The number of pyridine rings is 1. The lowest BCUT2D eigenvalue weighted by atomic mass is 10.1. The minimum atomic E-state index is -0.102. The third-order valence-electron chi connectivity index (χ3n) is 4.78. The van der Waals surface area contributed by atoms with Gasteiger partial charge in [0.25, 0.3) is 0 Å². The predicted molar refractivity (Wildman–Crippen MR) is 116 cm³/mol. The fourth-order valence-electron chi connectivity index (χ4n) is 3.30. The lowest BCUT2D eigenvalue weighted by Gasteiger charge is -2.09. The molecule has 0 saturated heterocycles. The van der Waals surface area contributed by atoms with Gasteiger partial charge in [-0.15, -0.1) is 0 Å². The first-order valence-corrected chi connectivity index (χ1v) is 9.68. The van der Waals surface area contributed by atoms with Crippen molar-refractivity contribution < 1.29 is 9.53 Å². The van der Waals surface area contributed by atoms with Crippen LogP contribution in [-0.4, -0.2) is 20.7 Å². The van der Waals surface area contributed by atoms with Gasteiger partial charge >= 0.3 is 0 Å². The third kappa shape index (κ3) is 4.38. The molecule has 2 aromatic carbocycles. The van der Waals surface area contributed by atoms with Crippen LogP contribution in [0.15, 0.2) is 79.1 Å². The second-order valence-electron chi connectivity index (χ2n) is 6.93. The summed E-state index contributed by atoms with van der Waals surface area (Å²) in [5.41, 5.74) is 4.40. The summed E-state index contributed by atoms with van der Waals surface area (Å²) >= 11 is 0. The van der Waals surface area contributed by atoms with E-state index in [9.17, 15) is 4.79 Å². The molecular formula is C24H22N4O2. The SMILES string of the molecule is Cc1nn(-c2ccccc2)c(C)c1CC(=O)Nc1cccc(Oc2ccncc2)c1. The summed E-state index contributed by atoms with van der Waals surface area (Å²) in [5, 5.41) is 7.56. The second-order valence-corrected chi connectivity index (χ2v) is 6.93. The maximum absolute atomic E-state index is 12.7. The molecule has 1 amide bonds. The van der Waals surface area contributed by atoms with Crippen LogP contribution in [0.3, 0.4) is 0 Å². The topological polar surface area (TPSA) is 69.0 Å². The largest absolute Gasteiger partial charge is 0.457 e. The summed E-state index contributed by atoms with van der Waals surface area (Å²) in [6.45, 7) is 3.91. The molecule has 0 aliphatic heterocycles. The molecule has 0 atom stereocenters. The number of aryl methyl sites for hydroxylation is 1. The molecule has 6 heteroatoms. The Balaban J connectivity index is 1.47. The van der Waals surface area contributed by atoms with Gasteiger partial charge in [-0.25, -0.2) is 4.68 Å². The first-order valence-electron chi connectivity index (χ1n) is 9.68. The Hall–Kier alpha value is -3.93. The van der Waals surface area contributed by atoms with Crippen molar-refractivity contribution in [2.45, 2.75) is 20.3 Å². The van der Waals surface area contributed by atoms with Gasteiger partial charge in [0, 0.05) is 35.4 Å². The maximum atomic E-state index is 12.7. The molecule has 0 fully saturated rings. The Kier molecular flexibility index (Phi) is 5.57. The number of benzene rings is 2. The first-order chi connectivity index (χ1) is 14.6. The monoisotopic (exact) mass is 398 g/mol. The van der Waals surface area contributed by atoms with Gasteiger partial charge in [-0.05, 0) is 50.2 Å². The number of carbonyl (C=O) groups excluding carboxylic acids is 1. The molecule has 4 aromatic rings. The van der Waals surface area contributed by atoms with Gasteiger partial charge in [-0.2, -0.15) is 5.10 Å². The number of rotatable bonds is 6. The van der Waals surface area contributed by atoms with Crippen LogP contribution in [0, 0.1) is 13.8 Å². The Morgan fingerprint density at radius 3 is 2.50 bits per heavy atom. The van der Waals surface area contributed by atoms with Crippen LogP contribution < -0.4 is 10.1 Å². The second kappa shape index (κ2) is 8.61. The highest BCUT2D eigenvalue weighted by Gasteiger charge is 2.16. The first kappa shape index (κ1) is 19.4. The molecule has 150 valence electrons. The summed E-state index contributed by atoms with van der Waals surface area (Å²) in [5.74, 6) is 1.23. The van der Waals surface area contributed by atoms with Crippen molar-refractivity contribution in [2.24, 2.45) is 0 Å². The molecule has 0 saturated carbocycles. The number of carbonyl (C=O) groups is 1. The average Bonchev–Trinajstić information content (AvgIpc) is 3.03. The van der Waals surface area contributed by atoms with Crippen LogP contribution in [-0.2, 0) is 11.2 Å². The van der Waals surface area contributed by atoms with Gasteiger partial charge < -0.3 is 10.1 Å². The number of nitrogens with one attached hydrogen (secondary N) is 1. The van der Waals surface area contributed by atoms with Gasteiger partial charge in [-0.3, -0.25) is 9.78 Å². The number of hydrogen-bond acceptors (Lipinski definition) is 4. The van der Waals surface area contributed by atoms with E-state index in [2.05, 4.69) is 15.4 Å². The molecule has 2 aromatic heterocycles. The van der Waals surface area contributed by atoms with Crippen LogP contribution in [0.2, 0.25) is 0 Å². The van der Waals surface area contributed by atoms with Gasteiger partial charge in [0.15, 0.2) is 0 Å². The smallest absolute Gasteiger partial charge is 0.228 e. The van der Waals surface area contributed by atoms with Crippen molar-refractivity contribution >= 4 is 11.6 Å². The highest BCUT2D eigenvalue weighted by molar-refractivity contribution is 5.92. The highest BCUT2D eigenvalue weighted by atomic mass is 16.5. The molecule has 0 unspecified atom stereocenters. The zero-order valence-electron chi connectivity index (χ0n) is 16.9. The molecule has 0 aliphatic rings. The summed E-state index contributed by atoms with van der Waals surface area (Å²) in [6, 6.07) is 20.8. The van der Waals surface area contributed by atoms with Crippen LogP contribution in [0.4, 0.5) is 5.69 Å². The Morgan fingerprint density at radius 2 is 1.73 bits per heavy atom. The molecule has 0 bridgehead atoms. The number of nitrogens with zero attached hydrogens (tertiary/aromatic N) is 3. The fraction of sp³-hybridized carbons (Fsp3) is 0.125. The van der Waals surface area contributed by atoms with Crippen molar-refractivity contribution in [1.29, 1.82) is 0 Å². The van der Waals surface area contributed by atoms with E-state index in [1.54, 1.807) is 30.6 Å². The number of hydrogen-bond donors (Lipinski definition) is 1. The molecule has 4 rings (SSSR count). The standard InChI is InChI=1S/C24H22N4O2/c1-17-23(18(2)28(27-17)20-8-4-3-5-9-20)16-24(29)26-19-7-6-10-22(15-19)30-21-11-13-25-14-12-21/h3-15H,16H2,1-2H3,(H,26,29). The van der Waals surface area contributed by atoms with Crippen molar-refractivity contribution in [1.82, 2.24) is 14.8 Å². The molecular weight excluding hydrogens is 376 g/mol. The van der Waals surface area contributed by atoms with E-state index in [-0.39, 0.29) is 12.3 Å². The van der Waals surface area contributed by atoms with Crippen LogP contribution in [0.5, 0.6) is 11.5 Å². The van der Waals surface area contributed by atoms with E-state index >= 15 is 0 Å². The highest BCUT2D eigenvalue weighted by Crippen LogP contribution is 2.24. The van der Waals surface area contributed by atoms with Crippen molar-refractivity contribution in [3.05, 3.63) is 96.1 Å². The normalized spacial score (nSPS) is 10.6. The Morgan fingerprint density at radius 1 is 0.967 bits per heavy atom. The number of anilines is 1. The van der Waals surface area contributed by atoms with Crippen molar-refractivity contribution in [3.8, 4) is 17.2 Å². The van der Waals surface area contributed by atoms with Gasteiger partial charge in [0.2, 0.25) is 5.91 Å². The van der Waals surface area contributed by atoms with E-state index in [0.29, 0.717) is 17.2 Å². The molecule has 0 spiro atoms. The zero-order chi connectivity index (χ0) is 20.9. The number of para-hydroxylation sites is 1. The number of aromatic nitrogens is 3. The zero-order valence-corrected chi connectivity index (χ0v) is 16.9. The average molecular weight is 398 g/mol. The number of ether oxygens (including phenoxy) is 1.